The third kappa shape index (κ3) is 5.98. The average molecular weight is 312 g/mol. The first-order chi connectivity index (χ1) is 10.6. The Morgan fingerprint density at radius 2 is 1.64 bits per heavy atom. The molecule has 124 valence electrons. The number of nitrogens with zero attached hydrogens (tertiary/aromatic N) is 1. The molecule has 0 bridgehead atoms. The van der Waals surface area contributed by atoms with Gasteiger partial charge in [-0.1, -0.05) is 12.1 Å². The molecule has 1 aromatic rings. The van der Waals surface area contributed by atoms with Gasteiger partial charge in [-0.15, -0.1) is 0 Å². The van der Waals surface area contributed by atoms with E-state index in [1.165, 1.54) is 0 Å². The van der Waals surface area contributed by atoms with Crippen molar-refractivity contribution in [2.24, 2.45) is 0 Å². The molecule has 0 aliphatic carbocycles. The number of hydrogen-bond acceptors (Lipinski definition) is 6. The third-order valence-corrected chi connectivity index (χ3v) is 3.28. The molecule has 1 unspecified atom stereocenters. The summed E-state index contributed by atoms with van der Waals surface area (Å²) in [4.78, 5) is 13.0. The lowest BCUT2D eigenvalue weighted by Gasteiger charge is -2.23. The van der Waals surface area contributed by atoms with E-state index in [1.807, 2.05) is 29.2 Å². The zero-order valence-electron chi connectivity index (χ0n) is 12.5. The van der Waals surface area contributed by atoms with Crippen LogP contribution in [0.2, 0.25) is 0 Å². The number of aliphatic hydroxyl groups excluding tert-OH is 3. The molecule has 1 aromatic carbocycles. The highest BCUT2D eigenvalue weighted by atomic mass is 16.4. The number of carbonyl (C=O) groups is 1. The Morgan fingerprint density at radius 1 is 1.05 bits per heavy atom. The number of carboxylic acids is 1. The molecule has 0 heterocycles. The predicted octanol–water partition coefficient (Wildman–Crippen LogP) is -0.945. The van der Waals surface area contributed by atoms with E-state index in [1.54, 1.807) is 0 Å². The minimum Gasteiger partial charge on any atom is -0.480 e. The topological polar surface area (TPSA) is 113 Å². The van der Waals surface area contributed by atoms with E-state index in [0.29, 0.717) is 19.5 Å². The summed E-state index contributed by atoms with van der Waals surface area (Å²) >= 11 is 0. The number of carboxylic acid groups (broad SMARTS) is 1. The van der Waals surface area contributed by atoms with Gasteiger partial charge in [0.25, 0.3) is 0 Å². The average Bonchev–Trinajstić information content (AvgIpc) is 2.51. The molecule has 0 aliphatic rings. The monoisotopic (exact) mass is 312 g/mol. The zero-order chi connectivity index (χ0) is 16.4. The maximum absolute atomic E-state index is 11.1. The highest BCUT2D eigenvalue weighted by molar-refractivity contribution is 5.74. The fourth-order valence-electron chi connectivity index (χ4n) is 2.18. The molecule has 0 saturated carbocycles. The van der Waals surface area contributed by atoms with Crippen LogP contribution in [0.3, 0.4) is 0 Å². The molecular formula is C15H24N2O5. The number of aliphatic hydroxyl groups is 3. The molecule has 0 aromatic heterocycles. The van der Waals surface area contributed by atoms with Crippen LogP contribution in [0.1, 0.15) is 5.56 Å². The van der Waals surface area contributed by atoms with Gasteiger partial charge in [0.05, 0.1) is 19.8 Å². The Hall–Kier alpha value is -1.67. The minimum atomic E-state index is -0.959. The van der Waals surface area contributed by atoms with E-state index >= 15 is 0 Å². The van der Waals surface area contributed by atoms with Gasteiger partial charge in [-0.05, 0) is 24.1 Å². The smallest absolute Gasteiger partial charge is 0.321 e. The SMILES string of the molecule is O=C(O)C(Cc1ccc(N(CCO)CCO)cc1)NCCO. The third-order valence-electron chi connectivity index (χ3n) is 3.28. The first-order valence-corrected chi connectivity index (χ1v) is 7.25. The van der Waals surface area contributed by atoms with Gasteiger partial charge < -0.3 is 30.6 Å². The number of nitrogens with one attached hydrogen (secondary N) is 1. The summed E-state index contributed by atoms with van der Waals surface area (Å²) in [5.41, 5.74) is 1.72. The van der Waals surface area contributed by atoms with Crippen molar-refractivity contribution in [3.05, 3.63) is 29.8 Å². The summed E-state index contributed by atoms with van der Waals surface area (Å²) in [5.74, 6) is -0.959. The lowest BCUT2D eigenvalue weighted by Crippen LogP contribution is -2.40. The normalized spacial score (nSPS) is 12.1. The van der Waals surface area contributed by atoms with Gasteiger partial charge in [-0.3, -0.25) is 4.79 Å². The number of benzene rings is 1. The van der Waals surface area contributed by atoms with Crippen LogP contribution in [0.25, 0.3) is 0 Å². The van der Waals surface area contributed by atoms with Crippen LogP contribution in [0.4, 0.5) is 5.69 Å². The Morgan fingerprint density at radius 3 is 2.09 bits per heavy atom. The van der Waals surface area contributed by atoms with Crippen LogP contribution in [0, 0.1) is 0 Å². The van der Waals surface area contributed by atoms with Gasteiger partial charge in [0, 0.05) is 25.3 Å². The van der Waals surface area contributed by atoms with Gasteiger partial charge in [-0.25, -0.2) is 0 Å². The molecule has 7 nitrogen and oxygen atoms in total. The van der Waals surface area contributed by atoms with E-state index in [4.69, 9.17) is 20.4 Å². The molecule has 7 heteroatoms. The summed E-state index contributed by atoms with van der Waals surface area (Å²) in [6.07, 6.45) is 0.315. The van der Waals surface area contributed by atoms with Crippen LogP contribution in [0.5, 0.6) is 0 Å². The molecule has 22 heavy (non-hydrogen) atoms. The van der Waals surface area contributed by atoms with Crippen molar-refractivity contribution in [2.75, 3.05) is 44.4 Å². The number of anilines is 1. The largest absolute Gasteiger partial charge is 0.480 e. The van der Waals surface area contributed by atoms with Gasteiger partial charge in [0.1, 0.15) is 6.04 Å². The van der Waals surface area contributed by atoms with Crippen molar-refractivity contribution < 1.29 is 25.2 Å². The van der Waals surface area contributed by atoms with Crippen LogP contribution < -0.4 is 10.2 Å². The molecule has 5 N–H and O–H groups in total. The Balaban J connectivity index is 2.71. The highest BCUT2D eigenvalue weighted by Gasteiger charge is 2.17. The lowest BCUT2D eigenvalue weighted by molar-refractivity contribution is -0.139. The predicted molar refractivity (Wildman–Crippen MR) is 83.0 cm³/mol. The first kappa shape index (κ1) is 18.4. The summed E-state index contributed by atoms with van der Waals surface area (Å²) < 4.78 is 0. The minimum absolute atomic E-state index is 0.00603. The molecule has 1 atom stereocenters. The standard InChI is InChI=1S/C15H24N2O5/c18-8-5-16-14(15(21)22)11-12-1-3-13(4-2-12)17(6-9-19)7-10-20/h1-4,14,16,18-20H,5-11H2,(H,21,22). The van der Waals surface area contributed by atoms with E-state index in [2.05, 4.69) is 5.32 Å². The second-order valence-electron chi connectivity index (χ2n) is 4.87. The van der Waals surface area contributed by atoms with Crippen molar-refractivity contribution in [3.63, 3.8) is 0 Å². The summed E-state index contributed by atoms with van der Waals surface area (Å²) in [7, 11) is 0. The van der Waals surface area contributed by atoms with Gasteiger partial charge in [0.2, 0.25) is 0 Å². The second kappa shape index (κ2) is 10.1. The van der Waals surface area contributed by atoms with E-state index in [0.717, 1.165) is 11.3 Å². The molecule has 0 amide bonds. The van der Waals surface area contributed by atoms with Crippen LogP contribution >= 0.6 is 0 Å². The van der Waals surface area contributed by atoms with Crippen molar-refractivity contribution in [3.8, 4) is 0 Å². The fourth-order valence-corrected chi connectivity index (χ4v) is 2.18. The quantitative estimate of drug-likeness (QED) is 0.358. The van der Waals surface area contributed by atoms with Crippen molar-refractivity contribution in [1.29, 1.82) is 0 Å². The Kier molecular flexibility index (Phi) is 8.46. The molecule has 0 spiro atoms. The molecular weight excluding hydrogens is 288 g/mol. The van der Waals surface area contributed by atoms with E-state index in [-0.39, 0.29) is 26.4 Å². The summed E-state index contributed by atoms with van der Waals surface area (Å²) in [6.45, 7) is 0.961. The molecule has 1 rings (SSSR count). The molecule has 0 radical (unpaired) electrons. The molecule has 0 aliphatic heterocycles. The van der Waals surface area contributed by atoms with Crippen molar-refractivity contribution in [1.82, 2.24) is 5.32 Å². The lowest BCUT2D eigenvalue weighted by atomic mass is 10.1. The Labute approximate surface area is 129 Å². The first-order valence-electron chi connectivity index (χ1n) is 7.25. The number of hydrogen-bond donors (Lipinski definition) is 5. The van der Waals surface area contributed by atoms with Crippen LogP contribution in [-0.2, 0) is 11.2 Å². The van der Waals surface area contributed by atoms with E-state index < -0.39 is 12.0 Å². The fraction of sp³-hybridized carbons (Fsp3) is 0.533. The van der Waals surface area contributed by atoms with Crippen LogP contribution in [-0.4, -0.2) is 71.9 Å². The second-order valence-corrected chi connectivity index (χ2v) is 4.87. The molecule has 0 saturated heterocycles. The van der Waals surface area contributed by atoms with E-state index in [9.17, 15) is 4.79 Å². The maximum atomic E-state index is 11.1. The van der Waals surface area contributed by atoms with Crippen molar-refractivity contribution in [2.45, 2.75) is 12.5 Å². The van der Waals surface area contributed by atoms with Gasteiger partial charge >= 0.3 is 5.97 Å². The van der Waals surface area contributed by atoms with Crippen LogP contribution in [0.15, 0.2) is 24.3 Å². The number of aliphatic carboxylic acids is 1. The summed E-state index contributed by atoms with van der Waals surface area (Å²) in [5, 5.41) is 38.7. The zero-order valence-corrected chi connectivity index (χ0v) is 12.5. The van der Waals surface area contributed by atoms with Crippen molar-refractivity contribution >= 4 is 11.7 Å². The van der Waals surface area contributed by atoms with Gasteiger partial charge in [-0.2, -0.15) is 0 Å². The Bertz CT molecular complexity index is 432. The highest BCUT2D eigenvalue weighted by Crippen LogP contribution is 2.16. The maximum Gasteiger partial charge on any atom is 0.321 e. The molecule has 0 fully saturated rings. The summed E-state index contributed by atoms with van der Waals surface area (Å²) in [6, 6.07) is 6.59. The number of rotatable bonds is 11. The van der Waals surface area contributed by atoms with Gasteiger partial charge in [0.15, 0.2) is 0 Å².